The minimum Gasteiger partial charge on any atom is -0.398 e. The van der Waals surface area contributed by atoms with Crippen LogP contribution in [0.3, 0.4) is 0 Å². The molecule has 17 heavy (non-hydrogen) atoms. The van der Waals surface area contributed by atoms with Crippen molar-refractivity contribution in [3.05, 3.63) is 23.2 Å². The van der Waals surface area contributed by atoms with Gasteiger partial charge in [-0.25, -0.2) is 8.42 Å². The van der Waals surface area contributed by atoms with Crippen molar-refractivity contribution >= 4 is 27.3 Å². The van der Waals surface area contributed by atoms with E-state index in [0.717, 1.165) is 4.31 Å². The summed E-state index contributed by atoms with van der Waals surface area (Å²) < 4.78 is 25.3. The Morgan fingerprint density at radius 3 is 2.71 bits per heavy atom. The van der Waals surface area contributed by atoms with E-state index in [4.69, 9.17) is 22.6 Å². The van der Waals surface area contributed by atoms with Gasteiger partial charge < -0.3 is 5.73 Å². The van der Waals surface area contributed by atoms with Crippen molar-refractivity contribution in [3.8, 4) is 6.07 Å². The normalized spacial score (nSPS) is 11.4. The zero-order valence-corrected chi connectivity index (χ0v) is 10.8. The van der Waals surface area contributed by atoms with Crippen LogP contribution in [-0.4, -0.2) is 26.3 Å². The molecule has 2 N–H and O–H groups in total. The molecule has 5 nitrogen and oxygen atoms in total. The van der Waals surface area contributed by atoms with Crippen LogP contribution in [0.5, 0.6) is 0 Å². The van der Waals surface area contributed by atoms with Crippen LogP contribution in [0.25, 0.3) is 0 Å². The zero-order chi connectivity index (χ0) is 13.1. The number of nitriles is 1. The first kappa shape index (κ1) is 13.8. The van der Waals surface area contributed by atoms with Crippen LogP contribution in [0, 0.1) is 11.3 Å². The Hall–Kier alpha value is -1.29. The molecule has 0 amide bonds. The van der Waals surface area contributed by atoms with Gasteiger partial charge in [0, 0.05) is 20.0 Å². The van der Waals surface area contributed by atoms with E-state index in [-0.39, 0.29) is 28.6 Å². The number of halogens is 1. The SMILES string of the molecule is CN(CCC#N)S(=O)(=O)c1c(N)cccc1Cl. The van der Waals surface area contributed by atoms with Gasteiger partial charge in [0.25, 0.3) is 0 Å². The third-order valence-electron chi connectivity index (χ3n) is 2.20. The Morgan fingerprint density at radius 1 is 1.53 bits per heavy atom. The molecule has 92 valence electrons. The lowest BCUT2D eigenvalue weighted by Crippen LogP contribution is -2.28. The molecule has 1 aromatic carbocycles. The summed E-state index contributed by atoms with van der Waals surface area (Å²) in [6.07, 6.45) is 0.111. The summed E-state index contributed by atoms with van der Waals surface area (Å²) in [5.74, 6) is 0. The predicted molar refractivity (Wildman–Crippen MR) is 65.9 cm³/mol. The van der Waals surface area contributed by atoms with Gasteiger partial charge in [0.15, 0.2) is 0 Å². The van der Waals surface area contributed by atoms with Crippen LogP contribution in [-0.2, 0) is 10.0 Å². The summed E-state index contributed by atoms with van der Waals surface area (Å²) >= 11 is 5.84. The predicted octanol–water partition coefficient (Wildman–Crippen LogP) is 1.46. The third-order valence-corrected chi connectivity index (χ3v) is 4.61. The molecule has 0 aliphatic rings. The van der Waals surface area contributed by atoms with Gasteiger partial charge in [0.2, 0.25) is 10.0 Å². The van der Waals surface area contributed by atoms with Crippen molar-refractivity contribution in [2.24, 2.45) is 0 Å². The fraction of sp³-hybridized carbons (Fsp3) is 0.300. The van der Waals surface area contributed by atoms with E-state index < -0.39 is 10.0 Å². The molecule has 0 unspecified atom stereocenters. The van der Waals surface area contributed by atoms with Gasteiger partial charge in [-0.15, -0.1) is 0 Å². The number of nitrogens with two attached hydrogens (primary N) is 1. The van der Waals surface area contributed by atoms with Gasteiger partial charge in [-0.2, -0.15) is 9.57 Å². The fourth-order valence-corrected chi connectivity index (χ4v) is 3.08. The van der Waals surface area contributed by atoms with Gasteiger partial charge >= 0.3 is 0 Å². The van der Waals surface area contributed by atoms with Crippen LogP contribution >= 0.6 is 11.6 Å². The molecular formula is C10H12ClN3O2S. The highest BCUT2D eigenvalue weighted by Crippen LogP contribution is 2.29. The van der Waals surface area contributed by atoms with E-state index in [2.05, 4.69) is 0 Å². The van der Waals surface area contributed by atoms with Crippen LogP contribution < -0.4 is 5.73 Å². The van der Waals surface area contributed by atoms with Crippen molar-refractivity contribution in [3.63, 3.8) is 0 Å². The van der Waals surface area contributed by atoms with Gasteiger partial charge in [0.05, 0.1) is 16.8 Å². The highest BCUT2D eigenvalue weighted by molar-refractivity contribution is 7.89. The van der Waals surface area contributed by atoms with Gasteiger partial charge in [0.1, 0.15) is 4.90 Å². The summed E-state index contributed by atoms with van der Waals surface area (Å²) in [7, 11) is -2.36. The summed E-state index contributed by atoms with van der Waals surface area (Å²) in [4.78, 5) is -0.109. The average Bonchev–Trinajstić information content (AvgIpc) is 2.25. The third kappa shape index (κ3) is 2.88. The fourth-order valence-electron chi connectivity index (χ4n) is 1.28. The monoisotopic (exact) mass is 273 g/mol. The van der Waals surface area contributed by atoms with Crippen LogP contribution in [0.2, 0.25) is 5.02 Å². The molecule has 0 spiro atoms. The van der Waals surface area contributed by atoms with E-state index >= 15 is 0 Å². The van der Waals surface area contributed by atoms with Crippen molar-refractivity contribution in [2.75, 3.05) is 19.3 Å². The van der Waals surface area contributed by atoms with Crippen LogP contribution in [0.15, 0.2) is 23.1 Å². The van der Waals surface area contributed by atoms with Gasteiger partial charge in [-0.05, 0) is 12.1 Å². The number of hydrogen-bond donors (Lipinski definition) is 1. The maximum atomic E-state index is 12.1. The number of sulfonamides is 1. The van der Waals surface area contributed by atoms with E-state index in [0.29, 0.717) is 0 Å². The average molecular weight is 274 g/mol. The zero-order valence-electron chi connectivity index (χ0n) is 9.22. The van der Waals surface area contributed by atoms with Gasteiger partial charge in [-0.3, -0.25) is 0 Å². The van der Waals surface area contributed by atoms with Gasteiger partial charge in [-0.1, -0.05) is 17.7 Å². The number of nitrogen functional groups attached to an aromatic ring is 1. The molecule has 7 heteroatoms. The van der Waals surface area contributed by atoms with Crippen LogP contribution in [0.4, 0.5) is 5.69 Å². The minimum absolute atomic E-state index is 0.0776. The number of rotatable bonds is 4. The molecule has 0 heterocycles. The molecule has 0 saturated heterocycles. The lowest BCUT2D eigenvalue weighted by atomic mass is 10.3. The second-order valence-corrected chi connectivity index (χ2v) is 5.78. The number of hydrogen-bond acceptors (Lipinski definition) is 4. The maximum absolute atomic E-state index is 12.1. The molecule has 0 fully saturated rings. The van der Waals surface area contributed by atoms with E-state index in [1.165, 1.54) is 19.2 Å². The molecule has 0 saturated carbocycles. The number of benzene rings is 1. The van der Waals surface area contributed by atoms with Crippen molar-refractivity contribution in [2.45, 2.75) is 11.3 Å². The second-order valence-electron chi connectivity index (χ2n) is 3.39. The number of anilines is 1. The second kappa shape index (κ2) is 5.36. The first-order valence-electron chi connectivity index (χ1n) is 4.78. The highest BCUT2D eigenvalue weighted by atomic mass is 35.5. The molecule has 0 aromatic heterocycles. The molecular weight excluding hydrogens is 262 g/mol. The molecule has 0 atom stereocenters. The molecule has 1 rings (SSSR count). The van der Waals surface area contributed by atoms with E-state index in [1.807, 2.05) is 6.07 Å². The lowest BCUT2D eigenvalue weighted by Gasteiger charge is -2.17. The summed E-state index contributed by atoms with van der Waals surface area (Å²) in [5.41, 5.74) is 5.72. The maximum Gasteiger partial charge on any atom is 0.246 e. The molecule has 1 aromatic rings. The van der Waals surface area contributed by atoms with E-state index in [9.17, 15) is 8.42 Å². The largest absolute Gasteiger partial charge is 0.398 e. The molecule has 0 radical (unpaired) electrons. The Labute approximate surface area is 105 Å². The van der Waals surface area contributed by atoms with Crippen molar-refractivity contribution < 1.29 is 8.42 Å². The number of nitrogens with zero attached hydrogens (tertiary/aromatic N) is 2. The Balaban J connectivity index is 3.19. The standard InChI is InChI=1S/C10H12ClN3O2S/c1-14(7-3-6-12)17(15,16)10-8(11)4-2-5-9(10)13/h2,4-5H,3,7,13H2,1H3. The van der Waals surface area contributed by atoms with Crippen molar-refractivity contribution in [1.82, 2.24) is 4.31 Å². The first-order valence-corrected chi connectivity index (χ1v) is 6.60. The minimum atomic E-state index is -3.75. The Kier molecular flexibility index (Phi) is 4.34. The lowest BCUT2D eigenvalue weighted by molar-refractivity contribution is 0.477. The Bertz CT molecular complexity index is 531. The smallest absolute Gasteiger partial charge is 0.246 e. The van der Waals surface area contributed by atoms with Crippen LogP contribution in [0.1, 0.15) is 6.42 Å². The molecule has 0 bridgehead atoms. The highest BCUT2D eigenvalue weighted by Gasteiger charge is 2.25. The summed E-state index contributed by atoms with van der Waals surface area (Å²) in [5, 5.41) is 8.52. The Morgan fingerprint density at radius 2 is 2.18 bits per heavy atom. The van der Waals surface area contributed by atoms with Crippen molar-refractivity contribution in [1.29, 1.82) is 5.26 Å². The summed E-state index contributed by atoms with van der Waals surface area (Å²) in [6, 6.07) is 6.39. The topological polar surface area (TPSA) is 87.2 Å². The quantitative estimate of drug-likeness (QED) is 0.841. The molecule has 0 aliphatic carbocycles. The van der Waals surface area contributed by atoms with E-state index in [1.54, 1.807) is 6.07 Å². The molecule has 0 aliphatic heterocycles. The first-order chi connectivity index (χ1) is 7.91. The summed E-state index contributed by atoms with van der Waals surface area (Å²) in [6.45, 7) is 0.101.